The summed E-state index contributed by atoms with van der Waals surface area (Å²) in [6.07, 6.45) is 4.26. The quantitative estimate of drug-likeness (QED) is 0.743. The number of carbonyl (C=O) groups excluding carboxylic acids is 2. The Balaban J connectivity index is 1.39. The Kier molecular flexibility index (Phi) is 5.63. The first-order valence-electron chi connectivity index (χ1n) is 8.88. The predicted octanol–water partition coefficient (Wildman–Crippen LogP) is 2.71. The van der Waals surface area contributed by atoms with Crippen molar-refractivity contribution in [2.24, 2.45) is 0 Å². The predicted molar refractivity (Wildman–Crippen MR) is 107 cm³/mol. The number of carbonyl (C=O) groups is 2. The molecule has 4 heterocycles. The van der Waals surface area contributed by atoms with Crippen LogP contribution in [0.1, 0.15) is 28.6 Å². The fourth-order valence-electron chi connectivity index (χ4n) is 3.34. The average Bonchev–Trinajstić information content (AvgIpc) is 3.26. The van der Waals surface area contributed by atoms with Gasteiger partial charge >= 0.3 is 0 Å². The fourth-order valence-corrected chi connectivity index (χ4v) is 5.70. The lowest BCUT2D eigenvalue weighted by atomic mass is 10.2. The Hall–Kier alpha value is -2.06. The van der Waals surface area contributed by atoms with Gasteiger partial charge in [0.25, 0.3) is 0 Å². The summed E-state index contributed by atoms with van der Waals surface area (Å²) in [4.78, 5) is 37.2. The second-order valence-electron chi connectivity index (χ2n) is 6.36. The zero-order valence-corrected chi connectivity index (χ0v) is 16.4. The molecule has 2 unspecified atom stereocenters. The van der Waals surface area contributed by atoms with Gasteiger partial charge in [0.2, 0.25) is 11.8 Å². The highest BCUT2D eigenvalue weighted by Crippen LogP contribution is 2.39. The summed E-state index contributed by atoms with van der Waals surface area (Å²) in [6, 6.07) is 11.6. The summed E-state index contributed by atoms with van der Waals surface area (Å²) < 4.78 is 0. The molecule has 4 rings (SSSR count). The van der Waals surface area contributed by atoms with Crippen molar-refractivity contribution >= 4 is 35.3 Å². The van der Waals surface area contributed by atoms with Crippen molar-refractivity contribution in [3.8, 4) is 0 Å². The summed E-state index contributed by atoms with van der Waals surface area (Å²) in [7, 11) is 0. The number of hydrogen-bond donors (Lipinski definition) is 0. The molecule has 0 radical (unpaired) electrons. The summed E-state index contributed by atoms with van der Waals surface area (Å²) in [5.41, 5.74) is 1.82. The van der Waals surface area contributed by atoms with Crippen molar-refractivity contribution in [3.05, 3.63) is 60.2 Å². The third-order valence-corrected chi connectivity index (χ3v) is 7.07. The first-order chi connectivity index (χ1) is 13.2. The van der Waals surface area contributed by atoms with Crippen LogP contribution in [0.4, 0.5) is 0 Å². The van der Waals surface area contributed by atoms with E-state index in [4.69, 9.17) is 0 Å². The molecule has 0 spiro atoms. The maximum atomic E-state index is 12.3. The Bertz CT molecular complexity index is 738. The SMILES string of the molecule is O=C1CSC(c2ccccn2)N1CCCN1C(=O)CSC1c1ccccn1. The van der Waals surface area contributed by atoms with Gasteiger partial charge in [0.1, 0.15) is 10.7 Å². The van der Waals surface area contributed by atoms with Crippen molar-refractivity contribution < 1.29 is 9.59 Å². The molecule has 2 aromatic heterocycles. The maximum absolute atomic E-state index is 12.3. The smallest absolute Gasteiger partial charge is 0.233 e. The Morgan fingerprint density at radius 3 is 1.70 bits per heavy atom. The van der Waals surface area contributed by atoms with Crippen LogP contribution >= 0.6 is 23.5 Å². The van der Waals surface area contributed by atoms with Crippen LogP contribution in [0.5, 0.6) is 0 Å². The maximum Gasteiger partial charge on any atom is 0.233 e. The standard InChI is InChI=1S/C19H20N4O2S2/c24-16-12-26-18(14-6-1-3-8-20-14)22(16)10-5-11-23-17(25)13-27-19(23)15-7-2-4-9-21-15/h1-4,6-9,18-19H,5,10-13H2. The van der Waals surface area contributed by atoms with Gasteiger partial charge in [-0.15, -0.1) is 23.5 Å². The summed E-state index contributed by atoms with van der Waals surface area (Å²) >= 11 is 3.22. The van der Waals surface area contributed by atoms with Gasteiger partial charge in [0.15, 0.2) is 0 Å². The molecule has 0 bridgehead atoms. The molecule has 6 nitrogen and oxygen atoms in total. The van der Waals surface area contributed by atoms with E-state index in [0.717, 1.165) is 17.8 Å². The molecular formula is C19H20N4O2S2. The van der Waals surface area contributed by atoms with E-state index in [1.807, 2.05) is 46.2 Å². The molecule has 0 saturated carbocycles. The van der Waals surface area contributed by atoms with Crippen molar-refractivity contribution in [2.45, 2.75) is 17.2 Å². The Morgan fingerprint density at radius 1 is 0.815 bits per heavy atom. The number of nitrogens with zero attached hydrogens (tertiary/aromatic N) is 4. The van der Waals surface area contributed by atoms with Gasteiger partial charge < -0.3 is 9.80 Å². The Labute approximate surface area is 166 Å². The number of pyridine rings is 2. The van der Waals surface area contributed by atoms with Crippen LogP contribution in [0.3, 0.4) is 0 Å². The van der Waals surface area contributed by atoms with Crippen LogP contribution < -0.4 is 0 Å². The molecule has 0 aromatic carbocycles. The third-order valence-electron chi connectivity index (χ3n) is 4.62. The van der Waals surface area contributed by atoms with E-state index in [1.54, 1.807) is 35.9 Å². The lowest BCUT2D eigenvalue weighted by Crippen LogP contribution is -2.34. The molecule has 2 fully saturated rings. The minimum atomic E-state index is -0.0334. The monoisotopic (exact) mass is 400 g/mol. The molecule has 8 heteroatoms. The van der Waals surface area contributed by atoms with Crippen LogP contribution in [0.2, 0.25) is 0 Å². The highest BCUT2D eigenvalue weighted by atomic mass is 32.2. The van der Waals surface area contributed by atoms with Gasteiger partial charge in [-0.2, -0.15) is 0 Å². The third kappa shape index (κ3) is 3.96. The minimum Gasteiger partial charge on any atom is -0.324 e. The number of hydrogen-bond acceptors (Lipinski definition) is 6. The molecular weight excluding hydrogens is 380 g/mol. The van der Waals surface area contributed by atoms with E-state index in [2.05, 4.69) is 9.97 Å². The van der Waals surface area contributed by atoms with E-state index in [-0.39, 0.29) is 22.6 Å². The molecule has 2 amide bonds. The van der Waals surface area contributed by atoms with Crippen LogP contribution in [0.15, 0.2) is 48.8 Å². The molecule has 140 valence electrons. The number of thioether (sulfide) groups is 2. The first-order valence-corrected chi connectivity index (χ1v) is 11.0. The molecule has 0 N–H and O–H groups in total. The summed E-state index contributed by atoms with van der Waals surface area (Å²) in [5.74, 6) is 1.24. The number of rotatable bonds is 6. The normalized spacial score (nSPS) is 22.7. The molecule has 2 atom stereocenters. The van der Waals surface area contributed by atoms with Gasteiger partial charge in [0.05, 0.1) is 22.9 Å². The molecule has 2 aliphatic heterocycles. The highest BCUT2D eigenvalue weighted by Gasteiger charge is 2.35. The van der Waals surface area contributed by atoms with Crippen LogP contribution in [0.25, 0.3) is 0 Å². The lowest BCUT2D eigenvalue weighted by molar-refractivity contribution is -0.128. The van der Waals surface area contributed by atoms with Crippen LogP contribution in [0, 0.1) is 0 Å². The Morgan fingerprint density at radius 2 is 1.30 bits per heavy atom. The van der Waals surface area contributed by atoms with Crippen LogP contribution in [-0.2, 0) is 9.59 Å². The second kappa shape index (κ2) is 8.31. The van der Waals surface area contributed by atoms with E-state index in [9.17, 15) is 9.59 Å². The van der Waals surface area contributed by atoms with E-state index >= 15 is 0 Å². The fraction of sp³-hybridized carbons (Fsp3) is 0.368. The largest absolute Gasteiger partial charge is 0.324 e. The summed E-state index contributed by atoms with van der Waals surface area (Å²) in [5, 5.41) is -0.0668. The van der Waals surface area contributed by atoms with Gasteiger partial charge in [-0.25, -0.2) is 0 Å². The van der Waals surface area contributed by atoms with Crippen molar-refractivity contribution in [3.63, 3.8) is 0 Å². The number of aromatic nitrogens is 2. The zero-order valence-electron chi connectivity index (χ0n) is 14.7. The molecule has 0 aliphatic carbocycles. The van der Waals surface area contributed by atoms with E-state index in [0.29, 0.717) is 24.6 Å². The van der Waals surface area contributed by atoms with Crippen molar-refractivity contribution in [1.29, 1.82) is 0 Å². The minimum absolute atomic E-state index is 0.0334. The van der Waals surface area contributed by atoms with Gasteiger partial charge in [-0.05, 0) is 30.7 Å². The number of amides is 2. The molecule has 27 heavy (non-hydrogen) atoms. The van der Waals surface area contributed by atoms with Gasteiger partial charge in [-0.3, -0.25) is 19.6 Å². The van der Waals surface area contributed by atoms with Gasteiger partial charge in [-0.1, -0.05) is 12.1 Å². The van der Waals surface area contributed by atoms with Crippen molar-refractivity contribution in [1.82, 2.24) is 19.8 Å². The van der Waals surface area contributed by atoms with Crippen LogP contribution in [-0.4, -0.2) is 56.2 Å². The topological polar surface area (TPSA) is 66.4 Å². The molecule has 2 aliphatic rings. The first kappa shape index (κ1) is 18.3. The molecule has 2 aromatic rings. The zero-order chi connectivity index (χ0) is 18.6. The average molecular weight is 401 g/mol. The van der Waals surface area contributed by atoms with E-state index in [1.165, 1.54) is 0 Å². The van der Waals surface area contributed by atoms with Crippen molar-refractivity contribution in [2.75, 3.05) is 24.6 Å². The highest BCUT2D eigenvalue weighted by molar-refractivity contribution is 8.00. The summed E-state index contributed by atoms with van der Waals surface area (Å²) in [6.45, 7) is 1.24. The van der Waals surface area contributed by atoms with E-state index < -0.39 is 0 Å². The second-order valence-corrected chi connectivity index (χ2v) is 8.50. The lowest BCUT2D eigenvalue weighted by Gasteiger charge is -2.27. The molecule has 2 saturated heterocycles. The van der Waals surface area contributed by atoms with Gasteiger partial charge in [0, 0.05) is 25.5 Å².